The lowest BCUT2D eigenvalue weighted by Gasteiger charge is -2.13. The summed E-state index contributed by atoms with van der Waals surface area (Å²) in [5.41, 5.74) is 7.01. The fourth-order valence-electron chi connectivity index (χ4n) is 1.97. The number of carbonyl (C=O) groups excluding carboxylic acids is 1. The van der Waals surface area contributed by atoms with Crippen molar-refractivity contribution in [2.45, 2.75) is 6.92 Å². The molecule has 0 unspecified atom stereocenters. The maximum atomic E-state index is 11.9. The zero-order valence-corrected chi connectivity index (χ0v) is 14.9. The van der Waals surface area contributed by atoms with Crippen LogP contribution < -0.4 is 15.6 Å². The van der Waals surface area contributed by atoms with Crippen molar-refractivity contribution < 1.29 is 14.5 Å². The lowest BCUT2D eigenvalue weighted by Crippen LogP contribution is -2.39. The van der Waals surface area contributed by atoms with E-state index in [4.69, 9.17) is 4.74 Å². The first-order valence-electron chi connectivity index (χ1n) is 7.34. The molecule has 0 atom stereocenters. The number of nitro groups is 1. The molecule has 2 aromatic rings. The van der Waals surface area contributed by atoms with Gasteiger partial charge in [-0.25, -0.2) is 0 Å². The largest absolute Gasteiger partial charge is 0.483 e. The Bertz CT molecular complexity index is 794. The third kappa shape index (κ3) is 5.32. The minimum absolute atomic E-state index is 0.0640. The molecular weight excluding hydrogens is 390 g/mol. The Kier molecular flexibility index (Phi) is 6.53. The molecule has 8 heteroatoms. The third-order valence-electron chi connectivity index (χ3n) is 3.20. The van der Waals surface area contributed by atoms with E-state index in [9.17, 15) is 14.9 Å². The molecule has 0 aromatic heterocycles. The van der Waals surface area contributed by atoms with Crippen LogP contribution in [0.15, 0.2) is 59.1 Å². The topological polar surface area (TPSA) is 93.5 Å². The van der Waals surface area contributed by atoms with E-state index in [1.807, 2.05) is 43.3 Å². The van der Waals surface area contributed by atoms with Crippen LogP contribution in [0.25, 0.3) is 5.70 Å². The van der Waals surface area contributed by atoms with Crippen molar-refractivity contribution in [1.29, 1.82) is 0 Å². The molecule has 0 saturated carbocycles. The number of benzene rings is 2. The lowest BCUT2D eigenvalue weighted by molar-refractivity contribution is -0.384. The normalized spacial score (nSPS) is 10.9. The number of hydrogen-bond acceptors (Lipinski definition) is 5. The maximum absolute atomic E-state index is 11.9. The molecule has 0 saturated heterocycles. The molecule has 0 radical (unpaired) electrons. The Labute approximate surface area is 152 Å². The van der Waals surface area contributed by atoms with Crippen LogP contribution in [0.3, 0.4) is 0 Å². The average Bonchev–Trinajstić information content (AvgIpc) is 2.62. The maximum Gasteiger partial charge on any atom is 0.276 e. The molecule has 0 bridgehead atoms. The van der Waals surface area contributed by atoms with E-state index in [0.29, 0.717) is 10.2 Å². The first kappa shape index (κ1) is 18.5. The zero-order valence-electron chi connectivity index (χ0n) is 13.4. The van der Waals surface area contributed by atoms with Gasteiger partial charge in [0, 0.05) is 12.1 Å². The fourth-order valence-corrected chi connectivity index (χ4v) is 2.45. The molecule has 2 N–H and O–H groups in total. The number of halogens is 1. The Hall–Kier alpha value is -2.87. The Morgan fingerprint density at radius 1 is 1.24 bits per heavy atom. The summed E-state index contributed by atoms with van der Waals surface area (Å²) < 4.78 is 5.77. The Balaban J connectivity index is 1.88. The summed E-state index contributed by atoms with van der Waals surface area (Å²) in [6.07, 6.45) is 1.84. The van der Waals surface area contributed by atoms with E-state index in [-0.39, 0.29) is 18.2 Å². The lowest BCUT2D eigenvalue weighted by atomic mass is 10.1. The number of hydrazine groups is 1. The van der Waals surface area contributed by atoms with Crippen molar-refractivity contribution in [1.82, 2.24) is 10.9 Å². The predicted molar refractivity (Wildman–Crippen MR) is 97.7 cm³/mol. The summed E-state index contributed by atoms with van der Waals surface area (Å²) >= 11 is 3.18. The molecule has 1 amide bonds. The smallest absolute Gasteiger partial charge is 0.276 e. The number of nitro benzene ring substituents is 1. The SMILES string of the molecule is CC=C(NNC(=O)COc1ccc([N+](=O)[O-])cc1Br)c1ccccc1. The van der Waals surface area contributed by atoms with Gasteiger partial charge in [-0.2, -0.15) is 0 Å². The fraction of sp³-hybridized carbons (Fsp3) is 0.118. The van der Waals surface area contributed by atoms with Crippen molar-refractivity contribution in [2.24, 2.45) is 0 Å². The van der Waals surface area contributed by atoms with Crippen LogP contribution in [0, 0.1) is 10.1 Å². The second kappa shape index (κ2) is 8.84. The summed E-state index contributed by atoms with van der Waals surface area (Å²) in [6.45, 7) is 1.61. The van der Waals surface area contributed by atoms with Gasteiger partial charge in [-0.1, -0.05) is 36.4 Å². The number of rotatable bonds is 7. The van der Waals surface area contributed by atoms with Gasteiger partial charge in [0.25, 0.3) is 11.6 Å². The molecule has 0 spiro atoms. The number of nitrogens with zero attached hydrogens (tertiary/aromatic N) is 1. The average molecular weight is 406 g/mol. The van der Waals surface area contributed by atoms with E-state index in [1.54, 1.807) is 0 Å². The second-order valence-corrected chi connectivity index (χ2v) is 5.76. The van der Waals surface area contributed by atoms with Gasteiger partial charge in [0.05, 0.1) is 15.1 Å². The van der Waals surface area contributed by atoms with Crippen molar-refractivity contribution in [3.05, 3.63) is 74.8 Å². The highest BCUT2D eigenvalue weighted by atomic mass is 79.9. The van der Waals surface area contributed by atoms with Crippen molar-refractivity contribution >= 4 is 33.2 Å². The van der Waals surface area contributed by atoms with Gasteiger partial charge in [0.2, 0.25) is 0 Å². The van der Waals surface area contributed by atoms with Crippen molar-refractivity contribution in [3.63, 3.8) is 0 Å². The highest BCUT2D eigenvalue weighted by molar-refractivity contribution is 9.10. The van der Waals surface area contributed by atoms with Gasteiger partial charge in [-0.05, 0) is 34.5 Å². The molecule has 130 valence electrons. The number of non-ortho nitro benzene ring substituents is 1. The predicted octanol–water partition coefficient (Wildman–Crippen LogP) is 3.42. The van der Waals surface area contributed by atoms with Crippen LogP contribution in [0.2, 0.25) is 0 Å². The number of hydrogen-bond donors (Lipinski definition) is 2. The highest BCUT2D eigenvalue weighted by Crippen LogP contribution is 2.28. The molecule has 0 heterocycles. The summed E-state index contributed by atoms with van der Waals surface area (Å²) in [7, 11) is 0. The number of amides is 1. The third-order valence-corrected chi connectivity index (χ3v) is 3.81. The summed E-state index contributed by atoms with van der Waals surface area (Å²) in [5, 5.41) is 10.7. The number of allylic oxidation sites excluding steroid dienone is 1. The van der Waals surface area contributed by atoms with Gasteiger partial charge in [0.15, 0.2) is 6.61 Å². The van der Waals surface area contributed by atoms with Gasteiger partial charge < -0.3 is 4.74 Å². The van der Waals surface area contributed by atoms with E-state index in [2.05, 4.69) is 26.8 Å². The van der Waals surface area contributed by atoms with E-state index >= 15 is 0 Å². The molecule has 7 nitrogen and oxygen atoms in total. The first-order valence-corrected chi connectivity index (χ1v) is 8.14. The summed E-state index contributed by atoms with van der Waals surface area (Å²) in [4.78, 5) is 22.1. The summed E-state index contributed by atoms with van der Waals surface area (Å²) in [5.74, 6) is -0.0457. The molecule has 2 aromatic carbocycles. The van der Waals surface area contributed by atoms with Crippen LogP contribution >= 0.6 is 15.9 Å². The van der Waals surface area contributed by atoms with Crippen LogP contribution in [-0.4, -0.2) is 17.4 Å². The second-order valence-electron chi connectivity index (χ2n) is 4.90. The molecule has 25 heavy (non-hydrogen) atoms. The molecular formula is C17H16BrN3O4. The van der Waals surface area contributed by atoms with Crippen LogP contribution in [-0.2, 0) is 4.79 Å². The summed E-state index contributed by atoms with van der Waals surface area (Å²) in [6, 6.07) is 13.6. The van der Waals surface area contributed by atoms with Crippen molar-refractivity contribution in [2.75, 3.05) is 6.61 Å². The molecule has 2 rings (SSSR count). The van der Waals surface area contributed by atoms with Gasteiger partial charge in [0.1, 0.15) is 5.75 Å². The van der Waals surface area contributed by atoms with Crippen LogP contribution in [0.5, 0.6) is 5.75 Å². The van der Waals surface area contributed by atoms with Gasteiger partial charge in [-0.15, -0.1) is 0 Å². The van der Waals surface area contributed by atoms with E-state index in [0.717, 1.165) is 11.3 Å². The molecule has 0 aliphatic rings. The minimum atomic E-state index is -0.507. The van der Waals surface area contributed by atoms with Crippen LogP contribution in [0.4, 0.5) is 5.69 Å². The number of ether oxygens (including phenoxy) is 1. The Morgan fingerprint density at radius 2 is 1.96 bits per heavy atom. The monoisotopic (exact) mass is 405 g/mol. The minimum Gasteiger partial charge on any atom is -0.483 e. The first-order chi connectivity index (χ1) is 12.0. The standard InChI is InChI=1S/C17H16BrN3O4/c1-2-15(12-6-4-3-5-7-12)19-20-17(22)11-25-16-9-8-13(21(23)24)10-14(16)18/h2-10,19H,11H2,1H3,(H,20,22). The number of carbonyl (C=O) groups is 1. The van der Waals surface area contributed by atoms with Crippen molar-refractivity contribution in [3.8, 4) is 5.75 Å². The highest BCUT2D eigenvalue weighted by Gasteiger charge is 2.11. The molecule has 0 aliphatic carbocycles. The zero-order chi connectivity index (χ0) is 18.2. The quantitative estimate of drug-likeness (QED) is 0.543. The van der Waals surface area contributed by atoms with Crippen LogP contribution in [0.1, 0.15) is 12.5 Å². The van der Waals surface area contributed by atoms with E-state index < -0.39 is 4.92 Å². The van der Waals surface area contributed by atoms with E-state index in [1.165, 1.54) is 18.2 Å². The molecule has 0 fully saturated rings. The van der Waals surface area contributed by atoms with Gasteiger partial charge >= 0.3 is 0 Å². The Morgan fingerprint density at radius 3 is 2.56 bits per heavy atom. The number of nitrogens with one attached hydrogen (secondary N) is 2. The van der Waals surface area contributed by atoms with Gasteiger partial charge in [-0.3, -0.25) is 25.8 Å². The molecule has 0 aliphatic heterocycles.